The van der Waals surface area contributed by atoms with Crippen molar-refractivity contribution in [1.29, 1.82) is 0 Å². The van der Waals surface area contributed by atoms with Crippen molar-refractivity contribution in [2.45, 2.75) is 18.4 Å². The Kier molecular flexibility index (Phi) is 3.99. The highest BCUT2D eigenvalue weighted by atomic mass is 32.2. The van der Waals surface area contributed by atoms with Crippen LogP contribution >= 0.6 is 22.7 Å². The Balaban J connectivity index is 2.11. The molecule has 0 bridgehead atoms. The molecule has 0 fully saturated rings. The zero-order valence-electron chi connectivity index (χ0n) is 9.78. The summed E-state index contributed by atoms with van der Waals surface area (Å²) in [5, 5.41) is 10.7. The van der Waals surface area contributed by atoms with Crippen LogP contribution < -0.4 is 4.72 Å². The molecule has 2 aromatic heterocycles. The highest BCUT2D eigenvalue weighted by Gasteiger charge is 2.18. The second kappa shape index (κ2) is 5.37. The van der Waals surface area contributed by atoms with Gasteiger partial charge in [-0.15, -0.1) is 22.7 Å². The highest BCUT2D eigenvalue weighted by Crippen LogP contribution is 2.19. The summed E-state index contributed by atoms with van der Waals surface area (Å²) in [5.74, 6) is -1.14. The maximum absolute atomic E-state index is 11.9. The lowest BCUT2D eigenvalue weighted by molar-refractivity contribution is 0.0702. The van der Waals surface area contributed by atoms with Gasteiger partial charge in [0.25, 0.3) is 0 Å². The van der Waals surface area contributed by atoms with Crippen LogP contribution in [0.3, 0.4) is 0 Å². The summed E-state index contributed by atoms with van der Waals surface area (Å²) in [6.45, 7) is 1.98. The summed E-state index contributed by atoms with van der Waals surface area (Å²) < 4.78 is 26.2. The van der Waals surface area contributed by atoms with Crippen LogP contribution in [0.15, 0.2) is 22.5 Å². The number of carboxylic acids is 1. The van der Waals surface area contributed by atoms with Crippen LogP contribution in [0.4, 0.5) is 0 Å². The fourth-order valence-corrected chi connectivity index (χ4v) is 4.21. The average molecular weight is 318 g/mol. The van der Waals surface area contributed by atoms with E-state index in [-0.39, 0.29) is 16.3 Å². The lowest BCUT2D eigenvalue weighted by atomic mass is 10.5. The van der Waals surface area contributed by atoms with Gasteiger partial charge in [0, 0.05) is 16.5 Å². The van der Waals surface area contributed by atoms with Crippen molar-refractivity contribution < 1.29 is 18.3 Å². The molecule has 19 heavy (non-hydrogen) atoms. The van der Waals surface area contributed by atoms with E-state index in [1.165, 1.54) is 16.7 Å². The Bertz CT molecular complexity index is 702. The number of hydrogen-bond donors (Lipinski definition) is 2. The van der Waals surface area contributed by atoms with E-state index < -0.39 is 16.0 Å². The van der Waals surface area contributed by atoms with Crippen molar-refractivity contribution in [2.75, 3.05) is 0 Å². The molecule has 0 unspecified atom stereocenters. The SMILES string of the molecule is Cc1cnc(CNS(=O)(=O)c2csc(C(=O)O)c2)s1. The molecule has 0 aliphatic carbocycles. The molecule has 2 N–H and O–H groups in total. The largest absolute Gasteiger partial charge is 0.477 e. The molecule has 2 aromatic rings. The predicted octanol–water partition coefficient (Wildman–Crippen LogP) is 1.69. The summed E-state index contributed by atoms with van der Waals surface area (Å²) in [4.78, 5) is 15.7. The van der Waals surface area contributed by atoms with Crippen LogP contribution in [0.2, 0.25) is 0 Å². The number of aryl methyl sites for hydroxylation is 1. The number of aromatic nitrogens is 1. The Hall–Kier alpha value is -1.29. The van der Waals surface area contributed by atoms with E-state index in [0.29, 0.717) is 5.01 Å². The van der Waals surface area contributed by atoms with Crippen LogP contribution in [0.1, 0.15) is 19.6 Å². The van der Waals surface area contributed by atoms with Gasteiger partial charge in [-0.05, 0) is 13.0 Å². The molecule has 0 aliphatic heterocycles. The number of carboxylic acid groups (broad SMARTS) is 1. The third-order valence-corrected chi connectivity index (χ3v) is 5.54. The minimum absolute atomic E-state index is 0.00883. The van der Waals surface area contributed by atoms with Crippen LogP contribution in [-0.2, 0) is 16.6 Å². The summed E-state index contributed by atoms with van der Waals surface area (Å²) in [6, 6.07) is 1.14. The second-order valence-electron chi connectivity index (χ2n) is 3.64. The van der Waals surface area contributed by atoms with Crippen molar-refractivity contribution >= 4 is 38.7 Å². The van der Waals surface area contributed by atoms with Gasteiger partial charge in [-0.25, -0.2) is 22.9 Å². The van der Waals surface area contributed by atoms with Gasteiger partial charge in [-0.3, -0.25) is 0 Å². The van der Waals surface area contributed by atoms with Crippen LogP contribution in [0.5, 0.6) is 0 Å². The topological polar surface area (TPSA) is 96.4 Å². The van der Waals surface area contributed by atoms with E-state index in [0.717, 1.165) is 22.3 Å². The number of thiophene rings is 1. The second-order valence-corrected chi connectivity index (χ2v) is 7.64. The lowest BCUT2D eigenvalue weighted by Crippen LogP contribution is -2.22. The third kappa shape index (κ3) is 3.38. The molecule has 6 nitrogen and oxygen atoms in total. The van der Waals surface area contributed by atoms with Gasteiger partial charge in [0.2, 0.25) is 10.0 Å². The minimum Gasteiger partial charge on any atom is -0.477 e. The number of sulfonamides is 1. The Morgan fingerprint density at radius 1 is 1.53 bits per heavy atom. The molecule has 9 heteroatoms. The molecule has 0 spiro atoms. The first-order valence-corrected chi connectivity index (χ1v) is 8.29. The maximum Gasteiger partial charge on any atom is 0.345 e. The number of hydrogen-bond acceptors (Lipinski definition) is 6. The van der Waals surface area contributed by atoms with Gasteiger partial charge in [-0.1, -0.05) is 0 Å². The van der Waals surface area contributed by atoms with E-state index in [2.05, 4.69) is 9.71 Å². The molecule has 102 valence electrons. The Labute approximate surface area is 117 Å². The van der Waals surface area contributed by atoms with Gasteiger partial charge in [-0.2, -0.15) is 0 Å². The van der Waals surface area contributed by atoms with Crippen LogP contribution in [0, 0.1) is 6.92 Å². The fourth-order valence-electron chi connectivity index (χ4n) is 1.30. The number of rotatable bonds is 5. The van der Waals surface area contributed by atoms with Crippen molar-refractivity contribution in [3.63, 3.8) is 0 Å². The van der Waals surface area contributed by atoms with E-state index in [1.807, 2.05) is 6.92 Å². The molecule has 2 heterocycles. The van der Waals surface area contributed by atoms with Gasteiger partial charge >= 0.3 is 5.97 Å². The van der Waals surface area contributed by atoms with Crippen molar-refractivity contribution in [3.8, 4) is 0 Å². The first-order chi connectivity index (χ1) is 8.88. The summed E-state index contributed by atoms with van der Waals surface area (Å²) >= 11 is 2.28. The maximum atomic E-state index is 11.9. The predicted molar refractivity (Wildman–Crippen MR) is 72.2 cm³/mol. The van der Waals surface area contributed by atoms with E-state index in [4.69, 9.17) is 5.11 Å². The number of nitrogens with zero attached hydrogens (tertiary/aromatic N) is 1. The molecule has 0 saturated heterocycles. The van der Waals surface area contributed by atoms with E-state index >= 15 is 0 Å². The van der Waals surface area contributed by atoms with E-state index in [1.54, 1.807) is 6.20 Å². The number of nitrogens with one attached hydrogen (secondary N) is 1. The third-order valence-electron chi connectivity index (χ3n) is 2.18. The van der Waals surface area contributed by atoms with Crippen molar-refractivity contribution in [3.05, 3.63) is 32.4 Å². The van der Waals surface area contributed by atoms with Crippen molar-refractivity contribution in [2.24, 2.45) is 0 Å². The van der Waals surface area contributed by atoms with E-state index in [9.17, 15) is 13.2 Å². The fraction of sp³-hybridized carbons (Fsp3) is 0.200. The summed E-state index contributed by atoms with van der Waals surface area (Å²) in [6.07, 6.45) is 1.67. The molecular weight excluding hydrogens is 308 g/mol. The minimum atomic E-state index is -3.70. The average Bonchev–Trinajstić information content (AvgIpc) is 2.95. The normalized spacial score (nSPS) is 11.6. The molecule has 0 saturated carbocycles. The van der Waals surface area contributed by atoms with Gasteiger partial charge in [0.05, 0.1) is 11.4 Å². The molecule has 0 atom stereocenters. The van der Waals surface area contributed by atoms with Gasteiger partial charge < -0.3 is 5.11 Å². The summed E-state index contributed by atoms with van der Waals surface area (Å²) in [7, 11) is -3.70. The number of thiazole rings is 1. The molecule has 0 aliphatic rings. The number of aromatic carboxylic acids is 1. The summed E-state index contributed by atoms with van der Waals surface area (Å²) in [5.41, 5.74) is 0. The quantitative estimate of drug-likeness (QED) is 0.874. The highest BCUT2D eigenvalue weighted by molar-refractivity contribution is 7.89. The molecule has 0 radical (unpaired) electrons. The van der Waals surface area contributed by atoms with Crippen LogP contribution in [-0.4, -0.2) is 24.5 Å². The lowest BCUT2D eigenvalue weighted by Gasteiger charge is -2.02. The molecule has 0 aromatic carbocycles. The van der Waals surface area contributed by atoms with Gasteiger partial charge in [0.1, 0.15) is 9.88 Å². The molecular formula is C10H10N2O4S3. The molecule has 0 amide bonds. The first-order valence-electron chi connectivity index (χ1n) is 5.11. The zero-order valence-corrected chi connectivity index (χ0v) is 12.2. The zero-order chi connectivity index (χ0) is 14.0. The van der Waals surface area contributed by atoms with Crippen LogP contribution in [0.25, 0.3) is 0 Å². The Morgan fingerprint density at radius 2 is 2.26 bits per heavy atom. The van der Waals surface area contributed by atoms with Gasteiger partial charge in [0.15, 0.2) is 0 Å². The number of carbonyl (C=O) groups is 1. The standard InChI is InChI=1S/C10H10N2O4S3/c1-6-3-11-9(18-6)4-12-19(15,16)7-2-8(10(13)14)17-5-7/h2-3,5,12H,4H2,1H3,(H,13,14). The Morgan fingerprint density at radius 3 is 2.79 bits per heavy atom. The van der Waals surface area contributed by atoms with Crippen molar-refractivity contribution in [1.82, 2.24) is 9.71 Å². The smallest absolute Gasteiger partial charge is 0.345 e. The molecule has 2 rings (SSSR count). The monoisotopic (exact) mass is 318 g/mol. The first kappa shape index (κ1) is 14.1.